The number of hydrogen-bond acceptors (Lipinski definition) is 2. The first-order valence-electron chi connectivity index (χ1n) is 6.27. The molecule has 0 aliphatic heterocycles. The van der Waals surface area contributed by atoms with Crippen LogP contribution in [-0.2, 0) is 0 Å². The van der Waals surface area contributed by atoms with Gasteiger partial charge >= 0.3 is 0 Å². The Balaban J connectivity index is 1.88. The zero-order valence-electron chi connectivity index (χ0n) is 10.6. The summed E-state index contributed by atoms with van der Waals surface area (Å²) in [6.07, 6.45) is 2.57. The Morgan fingerprint density at radius 1 is 0.950 bits per heavy atom. The van der Waals surface area contributed by atoms with E-state index >= 15 is 0 Å². The van der Waals surface area contributed by atoms with Gasteiger partial charge in [0.05, 0.1) is 11.9 Å². The molecule has 0 saturated heterocycles. The lowest BCUT2D eigenvalue weighted by Gasteiger charge is -2.08. The first-order chi connectivity index (χ1) is 9.74. The first kappa shape index (κ1) is 12.6. The van der Waals surface area contributed by atoms with E-state index < -0.39 is 6.10 Å². The zero-order chi connectivity index (χ0) is 13.9. The molecule has 1 unspecified atom stereocenters. The number of rotatable bonds is 3. The monoisotopic (exact) mass is 268 g/mol. The number of para-hydroxylation sites is 1. The molecule has 0 saturated carbocycles. The largest absolute Gasteiger partial charge is 0.384 e. The van der Waals surface area contributed by atoms with Gasteiger partial charge in [0.25, 0.3) is 0 Å². The second kappa shape index (κ2) is 5.27. The Bertz CT molecular complexity index is 692. The zero-order valence-corrected chi connectivity index (χ0v) is 10.6. The molecular weight excluding hydrogens is 255 g/mol. The number of benzene rings is 2. The van der Waals surface area contributed by atoms with E-state index in [9.17, 15) is 9.50 Å². The highest BCUT2D eigenvalue weighted by Gasteiger charge is 2.13. The van der Waals surface area contributed by atoms with E-state index in [2.05, 4.69) is 5.10 Å². The minimum atomic E-state index is -0.812. The molecule has 100 valence electrons. The van der Waals surface area contributed by atoms with Crippen LogP contribution in [0.2, 0.25) is 0 Å². The molecule has 1 N–H and O–H groups in total. The molecule has 4 heteroatoms. The lowest BCUT2D eigenvalue weighted by Crippen LogP contribution is -1.98. The highest BCUT2D eigenvalue weighted by molar-refractivity contribution is 5.33. The van der Waals surface area contributed by atoms with Crippen LogP contribution >= 0.6 is 0 Å². The van der Waals surface area contributed by atoms with Gasteiger partial charge < -0.3 is 5.11 Å². The smallest absolute Gasteiger partial charge is 0.123 e. The van der Waals surface area contributed by atoms with Gasteiger partial charge in [0, 0.05) is 11.8 Å². The highest BCUT2D eigenvalue weighted by Crippen LogP contribution is 2.22. The standard InChI is InChI=1S/C16H13FN2O/c17-14-8-6-12(7-9-14)16(20)13-10-18-19(11-13)15-4-2-1-3-5-15/h1-11,16,20H. The highest BCUT2D eigenvalue weighted by atomic mass is 19.1. The Morgan fingerprint density at radius 2 is 1.65 bits per heavy atom. The fourth-order valence-electron chi connectivity index (χ4n) is 2.04. The third kappa shape index (κ3) is 2.46. The molecule has 0 bridgehead atoms. The molecule has 0 radical (unpaired) electrons. The summed E-state index contributed by atoms with van der Waals surface area (Å²) < 4.78 is 14.6. The van der Waals surface area contributed by atoms with Gasteiger partial charge in [-0.2, -0.15) is 5.10 Å². The van der Waals surface area contributed by atoms with Crippen molar-refractivity contribution in [1.29, 1.82) is 0 Å². The number of nitrogens with zero attached hydrogens (tertiary/aromatic N) is 2. The van der Waals surface area contributed by atoms with Crippen LogP contribution < -0.4 is 0 Å². The van der Waals surface area contributed by atoms with Crippen LogP contribution in [0.15, 0.2) is 67.0 Å². The summed E-state index contributed by atoms with van der Waals surface area (Å²) in [7, 11) is 0. The van der Waals surface area contributed by atoms with Crippen molar-refractivity contribution in [3.63, 3.8) is 0 Å². The van der Waals surface area contributed by atoms with E-state index in [1.165, 1.54) is 12.1 Å². The summed E-state index contributed by atoms with van der Waals surface area (Å²) in [5.74, 6) is -0.319. The molecule has 20 heavy (non-hydrogen) atoms. The van der Waals surface area contributed by atoms with E-state index in [1.54, 1.807) is 29.2 Å². The maximum Gasteiger partial charge on any atom is 0.123 e. The third-order valence-electron chi connectivity index (χ3n) is 3.12. The first-order valence-corrected chi connectivity index (χ1v) is 6.27. The van der Waals surface area contributed by atoms with Gasteiger partial charge in [0.1, 0.15) is 11.9 Å². The average Bonchev–Trinajstić information content (AvgIpc) is 2.98. The van der Waals surface area contributed by atoms with Gasteiger partial charge in [-0.1, -0.05) is 30.3 Å². The van der Waals surface area contributed by atoms with Crippen LogP contribution in [0.5, 0.6) is 0 Å². The van der Waals surface area contributed by atoms with E-state index in [4.69, 9.17) is 0 Å². The van der Waals surface area contributed by atoms with Gasteiger partial charge in [-0.15, -0.1) is 0 Å². The van der Waals surface area contributed by atoms with E-state index in [0.717, 1.165) is 5.69 Å². The molecule has 0 aliphatic rings. The summed E-state index contributed by atoms with van der Waals surface area (Å²) in [5.41, 5.74) is 2.23. The van der Waals surface area contributed by atoms with Crippen LogP contribution in [0.4, 0.5) is 4.39 Å². The Hall–Kier alpha value is -2.46. The molecule has 1 aromatic heterocycles. The minimum absolute atomic E-state index is 0.319. The molecular formula is C16H13FN2O. The van der Waals surface area contributed by atoms with Gasteiger partial charge in [-0.3, -0.25) is 0 Å². The summed E-state index contributed by atoms with van der Waals surface area (Å²) in [6.45, 7) is 0. The summed E-state index contributed by atoms with van der Waals surface area (Å²) >= 11 is 0. The van der Waals surface area contributed by atoms with E-state index in [1.807, 2.05) is 30.3 Å². The number of aliphatic hydroxyl groups is 1. The minimum Gasteiger partial charge on any atom is -0.384 e. The summed E-state index contributed by atoms with van der Waals surface area (Å²) in [5, 5.41) is 14.5. The lowest BCUT2D eigenvalue weighted by atomic mass is 10.1. The van der Waals surface area contributed by atoms with E-state index in [-0.39, 0.29) is 5.82 Å². The molecule has 3 aromatic rings. The van der Waals surface area contributed by atoms with Crippen LogP contribution in [-0.4, -0.2) is 14.9 Å². The third-order valence-corrected chi connectivity index (χ3v) is 3.12. The fourth-order valence-corrected chi connectivity index (χ4v) is 2.04. The molecule has 0 aliphatic carbocycles. The fraction of sp³-hybridized carbons (Fsp3) is 0.0625. The Morgan fingerprint density at radius 3 is 2.35 bits per heavy atom. The van der Waals surface area contributed by atoms with Crippen molar-refractivity contribution in [3.05, 3.63) is 83.9 Å². The second-order valence-electron chi connectivity index (χ2n) is 4.51. The lowest BCUT2D eigenvalue weighted by molar-refractivity contribution is 0.220. The van der Waals surface area contributed by atoms with Crippen LogP contribution in [0.1, 0.15) is 17.2 Å². The molecule has 3 rings (SSSR count). The second-order valence-corrected chi connectivity index (χ2v) is 4.51. The Kier molecular flexibility index (Phi) is 3.31. The summed E-state index contributed by atoms with van der Waals surface area (Å²) in [4.78, 5) is 0. The number of halogens is 1. The molecule has 1 heterocycles. The number of aromatic nitrogens is 2. The predicted octanol–water partition coefficient (Wildman–Crippen LogP) is 3.09. The normalized spacial score (nSPS) is 12.3. The Labute approximate surface area is 115 Å². The topological polar surface area (TPSA) is 38.1 Å². The number of hydrogen-bond donors (Lipinski definition) is 1. The van der Waals surface area contributed by atoms with E-state index in [0.29, 0.717) is 11.1 Å². The van der Waals surface area contributed by atoms with Crippen molar-refractivity contribution in [2.45, 2.75) is 6.10 Å². The summed E-state index contributed by atoms with van der Waals surface area (Å²) in [6, 6.07) is 15.4. The maximum absolute atomic E-state index is 12.9. The van der Waals surface area contributed by atoms with Crippen LogP contribution in [0.3, 0.4) is 0 Å². The molecule has 3 nitrogen and oxygen atoms in total. The quantitative estimate of drug-likeness (QED) is 0.792. The van der Waals surface area contributed by atoms with Gasteiger partial charge in [-0.25, -0.2) is 9.07 Å². The van der Waals surface area contributed by atoms with Crippen LogP contribution in [0, 0.1) is 5.82 Å². The van der Waals surface area contributed by atoms with Crippen LogP contribution in [0.25, 0.3) is 5.69 Å². The predicted molar refractivity (Wildman–Crippen MR) is 74.0 cm³/mol. The molecule has 1 atom stereocenters. The van der Waals surface area contributed by atoms with Crippen molar-refractivity contribution in [1.82, 2.24) is 9.78 Å². The maximum atomic E-state index is 12.9. The molecule has 0 spiro atoms. The van der Waals surface area contributed by atoms with Crippen molar-refractivity contribution in [3.8, 4) is 5.69 Å². The van der Waals surface area contributed by atoms with Gasteiger partial charge in [0.15, 0.2) is 0 Å². The van der Waals surface area contributed by atoms with Crippen molar-refractivity contribution in [2.75, 3.05) is 0 Å². The van der Waals surface area contributed by atoms with Crippen molar-refractivity contribution in [2.24, 2.45) is 0 Å². The molecule has 2 aromatic carbocycles. The van der Waals surface area contributed by atoms with Gasteiger partial charge in [0.2, 0.25) is 0 Å². The number of aliphatic hydroxyl groups excluding tert-OH is 1. The van der Waals surface area contributed by atoms with Crippen molar-refractivity contribution < 1.29 is 9.50 Å². The van der Waals surface area contributed by atoms with Gasteiger partial charge in [-0.05, 0) is 29.8 Å². The molecule has 0 fully saturated rings. The molecule has 0 amide bonds. The SMILES string of the molecule is OC(c1ccc(F)cc1)c1cnn(-c2ccccc2)c1. The van der Waals surface area contributed by atoms with Crippen molar-refractivity contribution >= 4 is 0 Å². The average molecular weight is 268 g/mol.